The molecule has 1 aliphatic carbocycles. The van der Waals surface area contributed by atoms with Gasteiger partial charge in [-0.3, -0.25) is 4.79 Å². The Bertz CT molecular complexity index is 787. The Morgan fingerprint density at radius 3 is 2.69 bits per heavy atom. The van der Waals surface area contributed by atoms with Crippen molar-refractivity contribution in [3.63, 3.8) is 0 Å². The number of carbonyl (C=O) groups is 1. The van der Waals surface area contributed by atoms with Crippen molar-refractivity contribution >= 4 is 41.5 Å². The molecule has 0 saturated heterocycles. The molecule has 8 heteroatoms. The quantitative estimate of drug-likeness (QED) is 0.270. The average molecular weight is 512 g/mol. The molecule has 3 rings (SSSR count). The number of furan rings is 1. The van der Waals surface area contributed by atoms with Gasteiger partial charge in [0.2, 0.25) is 0 Å². The summed E-state index contributed by atoms with van der Waals surface area (Å²) in [6.07, 6.45) is 4.85. The average Bonchev–Trinajstić information content (AvgIpc) is 3.23. The molecule has 1 amide bonds. The van der Waals surface area contributed by atoms with Crippen molar-refractivity contribution in [1.29, 1.82) is 0 Å². The number of rotatable bonds is 6. The van der Waals surface area contributed by atoms with Crippen molar-refractivity contribution in [2.24, 2.45) is 4.99 Å². The number of guanidine groups is 1. The van der Waals surface area contributed by atoms with Crippen LogP contribution in [0.2, 0.25) is 0 Å². The molecule has 29 heavy (non-hydrogen) atoms. The maximum Gasteiger partial charge on any atom is 0.291 e. The van der Waals surface area contributed by atoms with Crippen molar-refractivity contribution in [3.8, 4) is 0 Å². The molecule has 2 aromatic rings. The molecule has 7 nitrogen and oxygen atoms in total. The van der Waals surface area contributed by atoms with E-state index in [0.717, 1.165) is 43.8 Å². The third kappa shape index (κ3) is 7.36. The lowest BCUT2D eigenvalue weighted by atomic mass is 9.93. The number of aliphatic hydroxyl groups is 1. The highest BCUT2D eigenvalue weighted by Gasteiger charge is 2.19. The highest BCUT2D eigenvalue weighted by Crippen LogP contribution is 2.18. The predicted molar refractivity (Wildman–Crippen MR) is 125 cm³/mol. The van der Waals surface area contributed by atoms with Gasteiger partial charge in [0.1, 0.15) is 0 Å². The first-order valence-corrected chi connectivity index (χ1v) is 9.80. The number of halogens is 1. The number of aliphatic imine (C=N–C) groups is 1. The van der Waals surface area contributed by atoms with Gasteiger partial charge in [-0.05, 0) is 62.4 Å². The molecular formula is C21H29IN4O3. The van der Waals surface area contributed by atoms with Crippen LogP contribution >= 0.6 is 24.0 Å². The summed E-state index contributed by atoms with van der Waals surface area (Å²) in [6, 6.07) is 11.3. The molecule has 0 aliphatic heterocycles. The monoisotopic (exact) mass is 512 g/mol. The molecule has 0 atom stereocenters. The van der Waals surface area contributed by atoms with E-state index in [1.165, 1.54) is 6.26 Å². The Morgan fingerprint density at radius 1 is 1.21 bits per heavy atom. The lowest BCUT2D eigenvalue weighted by Crippen LogP contribution is -2.45. The normalized spacial score (nSPS) is 19.2. The number of nitrogens with one attached hydrogen (secondary N) is 3. The fraction of sp³-hybridized carbons (Fsp3) is 0.429. The van der Waals surface area contributed by atoms with Crippen LogP contribution in [-0.4, -0.2) is 35.7 Å². The predicted octanol–water partition coefficient (Wildman–Crippen LogP) is 3.51. The molecule has 1 fully saturated rings. The third-order valence-corrected chi connectivity index (χ3v) is 4.73. The molecule has 158 valence electrons. The van der Waals surface area contributed by atoms with E-state index in [9.17, 15) is 9.90 Å². The van der Waals surface area contributed by atoms with Crippen molar-refractivity contribution in [1.82, 2.24) is 10.6 Å². The minimum atomic E-state index is -0.278. The van der Waals surface area contributed by atoms with E-state index in [1.54, 1.807) is 12.1 Å². The van der Waals surface area contributed by atoms with Crippen LogP contribution in [-0.2, 0) is 6.54 Å². The highest BCUT2D eigenvalue weighted by molar-refractivity contribution is 14.0. The van der Waals surface area contributed by atoms with Gasteiger partial charge in [-0.25, -0.2) is 4.99 Å². The maximum absolute atomic E-state index is 12.1. The third-order valence-electron chi connectivity index (χ3n) is 4.73. The zero-order valence-electron chi connectivity index (χ0n) is 16.6. The molecule has 0 radical (unpaired) electrons. The molecule has 1 aromatic heterocycles. The van der Waals surface area contributed by atoms with Gasteiger partial charge in [0.05, 0.1) is 18.9 Å². The Kier molecular flexibility index (Phi) is 9.46. The summed E-state index contributed by atoms with van der Waals surface area (Å²) < 4.78 is 5.12. The molecule has 1 heterocycles. The number of anilines is 1. The smallest absolute Gasteiger partial charge is 0.291 e. The van der Waals surface area contributed by atoms with Crippen molar-refractivity contribution < 1.29 is 14.3 Å². The summed E-state index contributed by atoms with van der Waals surface area (Å²) >= 11 is 0. The fourth-order valence-corrected chi connectivity index (χ4v) is 3.25. The van der Waals surface area contributed by atoms with E-state index in [2.05, 4.69) is 20.9 Å². The number of hydrogen-bond donors (Lipinski definition) is 4. The molecule has 1 aromatic carbocycles. The van der Waals surface area contributed by atoms with Gasteiger partial charge >= 0.3 is 0 Å². The Labute approximate surface area is 188 Å². The van der Waals surface area contributed by atoms with Crippen LogP contribution in [0.25, 0.3) is 0 Å². The van der Waals surface area contributed by atoms with Gasteiger partial charge in [0.15, 0.2) is 11.7 Å². The molecule has 0 spiro atoms. The minimum absolute atomic E-state index is 0. The Hall–Kier alpha value is -2.07. The number of benzene rings is 1. The summed E-state index contributed by atoms with van der Waals surface area (Å²) in [4.78, 5) is 16.8. The number of hydrogen-bond acceptors (Lipinski definition) is 4. The minimum Gasteiger partial charge on any atom is -0.459 e. The molecule has 0 unspecified atom stereocenters. The summed E-state index contributed by atoms with van der Waals surface area (Å²) in [6.45, 7) is 3.31. The number of amides is 1. The lowest BCUT2D eigenvalue weighted by Gasteiger charge is -2.27. The van der Waals surface area contributed by atoms with Crippen molar-refractivity contribution in [3.05, 3.63) is 54.0 Å². The van der Waals surface area contributed by atoms with Gasteiger partial charge < -0.3 is 25.5 Å². The van der Waals surface area contributed by atoms with Gasteiger partial charge in [0, 0.05) is 18.3 Å². The number of carbonyl (C=O) groups excluding carboxylic acids is 1. The maximum atomic E-state index is 12.1. The largest absolute Gasteiger partial charge is 0.459 e. The van der Waals surface area contributed by atoms with E-state index >= 15 is 0 Å². The SMILES string of the molecule is CCNC(=NCc1cccc(NC(=O)c2ccco2)c1)NC1CCC(O)CC1.I. The van der Waals surface area contributed by atoms with Crippen LogP contribution in [0, 0.1) is 0 Å². The summed E-state index contributed by atoms with van der Waals surface area (Å²) in [5, 5.41) is 19.2. The zero-order chi connectivity index (χ0) is 19.8. The summed E-state index contributed by atoms with van der Waals surface area (Å²) in [7, 11) is 0. The molecule has 0 bridgehead atoms. The van der Waals surface area contributed by atoms with E-state index in [4.69, 9.17) is 4.42 Å². The first kappa shape index (κ1) is 23.2. The molecule has 1 saturated carbocycles. The van der Waals surface area contributed by atoms with Gasteiger partial charge in [0.25, 0.3) is 5.91 Å². The second-order valence-electron chi connectivity index (χ2n) is 6.98. The number of nitrogens with zero attached hydrogens (tertiary/aromatic N) is 1. The van der Waals surface area contributed by atoms with Crippen LogP contribution in [0.4, 0.5) is 5.69 Å². The second-order valence-corrected chi connectivity index (χ2v) is 6.98. The van der Waals surface area contributed by atoms with Crippen LogP contribution < -0.4 is 16.0 Å². The van der Waals surface area contributed by atoms with Crippen LogP contribution in [0.15, 0.2) is 52.1 Å². The van der Waals surface area contributed by atoms with E-state index in [1.807, 2.05) is 31.2 Å². The van der Waals surface area contributed by atoms with Gasteiger partial charge in [-0.15, -0.1) is 24.0 Å². The molecular weight excluding hydrogens is 483 g/mol. The molecule has 4 N–H and O–H groups in total. The van der Waals surface area contributed by atoms with Crippen LogP contribution in [0.5, 0.6) is 0 Å². The fourth-order valence-electron chi connectivity index (χ4n) is 3.25. The van der Waals surface area contributed by atoms with E-state index < -0.39 is 0 Å². The van der Waals surface area contributed by atoms with Crippen molar-refractivity contribution in [2.45, 2.75) is 51.3 Å². The standard InChI is InChI=1S/C21H28N4O3.HI/c1-2-22-21(25-16-8-10-18(26)11-9-16)23-14-15-5-3-6-17(13-15)24-20(27)19-7-4-12-28-19;/h3-7,12-13,16,18,26H,2,8-11,14H2,1H3,(H,24,27)(H2,22,23,25);1H. The lowest BCUT2D eigenvalue weighted by molar-refractivity contribution is 0.0996. The summed E-state index contributed by atoms with van der Waals surface area (Å²) in [5.41, 5.74) is 1.70. The van der Waals surface area contributed by atoms with E-state index in [-0.39, 0.29) is 41.7 Å². The Morgan fingerprint density at radius 2 is 2.00 bits per heavy atom. The first-order chi connectivity index (χ1) is 13.6. The highest BCUT2D eigenvalue weighted by atomic mass is 127. The van der Waals surface area contributed by atoms with Crippen LogP contribution in [0.3, 0.4) is 0 Å². The zero-order valence-corrected chi connectivity index (χ0v) is 18.9. The van der Waals surface area contributed by atoms with Gasteiger partial charge in [-0.1, -0.05) is 12.1 Å². The van der Waals surface area contributed by atoms with Gasteiger partial charge in [-0.2, -0.15) is 0 Å². The molecule has 1 aliphatic rings. The first-order valence-electron chi connectivity index (χ1n) is 9.80. The van der Waals surface area contributed by atoms with Crippen LogP contribution in [0.1, 0.15) is 48.7 Å². The topological polar surface area (TPSA) is 98.9 Å². The number of aliphatic hydroxyl groups excluding tert-OH is 1. The Balaban J connectivity index is 0.00000300. The van der Waals surface area contributed by atoms with Crippen molar-refractivity contribution in [2.75, 3.05) is 11.9 Å². The summed E-state index contributed by atoms with van der Waals surface area (Å²) in [5.74, 6) is 0.772. The second kappa shape index (κ2) is 11.8. The van der Waals surface area contributed by atoms with E-state index in [0.29, 0.717) is 18.3 Å².